The smallest absolute Gasteiger partial charge is 0.251 e. The van der Waals surface area contributed by atoms with Crippen LogP contribution in [0.3, 0.4) is 0 Å². The van der Waals surface area contributed by atoms with E-state index in [1.165, 1.54) is 10.4 Å². The van der Waals surface area contributed by atoms with Crippen molar-refractivity contribution in [2.75, 3.05) is 32.7 Å². The lowest BCUT2D eigenvalue weighted by atomic mass is 10.0. The predicted molar refractivity (Wildman–Crippen MR) is 109 cm³/mol. The van der Waals surface area contributed by atoms with Crippen LogP contribution in [0, 0.1) is 6.92 Å². The van der Waals surface area contributed by atoms with Crippen molar-refractivity contribution in [2.24, 2.45) is 0 Å². The number of hydrogen-bond acceptors (Lipinski definition) is 4. The van der Waals surface area contributed by atoms with Crippen LogP contribution >= 0.6 is 0 Å². The number of carbonyl (C=O) groups is 1. The average molecular weight is 396 g/mol. The Morgan fingerprint density at radius 1 is 1.19 bits per heavy atom. The van der Waals surface area contributed by atoms with Crippen LogP contribution < -0.4 is 5.32 Å². The molecule has 0 radical (unpaired) electrons. The van der Waals surface area contributed by atoms with Gasteiger partial charge in [0.1, 0.15) is 0 Å². The lowest BCUT2D eigenvalue weighted by Crippen LogP contribution is -2.44. The minimum atomic E-state index is -3.59. The Labute approximate surface area is 164 Å². The number of likely N-dealkylation sites (tertiary alicyclic amines) is 1. The SMILES string of the molecule is CCCN1CCC(NC(=O)c2ccc(C)c(S(=O)(=O)N(CC)CC)c2)CC1. The van der Waals surface area contributed by atoms with Crippen LogP contribution in [-0.4, -0.2) is 62.3 Å². The normalized spacial score (nSPS) is 16.6. The number of benzene rings is 1. The molecule has 7 heteroatoms. The second-order valence-electron chi connectivity index (χ2n) is 7.16. The standard InChI is InChI=1S/C20H33N3O3S/c1-5-12-22-13-10-18(11-14-22)21-20(24)17-9-8-16(4)19(15-17)27(25,26)23(6-2)7-3/h8-9,15,18H,5-7,10-14H2,1-4H3,(H,21,24). The van der Waals surface area contributed by atoms with E-state index in [9.17, 15) is 13.2 Å². The van der Waals surface area contributed by atoms with Crippen molar-refractivity contribution in [1.82, 2.24) is 14.5 Å². The molecule has 1 amide bonds. The number of nitrogens with zero attached hydrogens (tertiary/aromatic N) is 2. The number of piperidine rings is 1. The third-order valence-electron chi connectivity index (χ3n) is 5.24. The van der Waals surface area contributed by atoms with Crippen LogP contribution in [0.25, 0.3) is 0 Å². The molecule has 0 aromatic heterocycles. The van der Waals surface area contributed by atoms with Gasteiger partial charge < -0.3 is 10.2 Å². The van der Waals surface area contributed by atoms with Crippen LogP contribution in [0.2, 0.25) is 0 Å². The summed E-state index contributed by atoms with van der Waals surface area (Å²) in [5.74, 6) is -0.195. The van der Waals surface area contributed by atoms with Crippen LogP contribution in [0.15, 0.2) is 23.1 Å². The van der Waals surface area contributed by atoms with Gasteiger partial charge in [0.05, 0.1) is 4.90 Å². The monoisotopic (exact) mass is 395 g/mol. The van der Waals surface area contributed by atoms with Gasteiger partial charge >= 0.3 is 0 Å². The lowest BCUT2D eigenvalue weighted by Gasteiger charge is -2.32. The molecule has 0 aliphatic carbocycles. The van der Waals surface area contributed by atoms with Gasteiger partial charge in [-0.15, -0.1) is 0 Å². The molecule has 0 saturated carbocycles. The zero-order valence-electron chi connectivity index (χ0n) is 17.0. The molecule has 0 unspecified atom stereocenters. The van der Waals surface area contributed by atoms with Crippen LogP contribution in [0.1, 0.15) is 56.0 Å². The van der Waals surface area contributed by atoms with E-state index >= 15 is 0 Å². The summed E-state index contributed by atoms with van der Waals surface area (Å²) in [6, 6.07) is 5.09. The molecule has 1 aliphatic heterocycles. The van der Waals surface area contributed by atoms with E-state index < -0.39 is 10.0 Å². The Bertz CT molecular complexity index is 737. The second-order valence-corrected chi connectivity index (χ2v) is 9.07. The average Bonchev–Trinajstić information content (AvgIpc) is 2.64. The molecule has 6 nitrogen and oxygen atoms in total. The van der Waals surface area contributed by atoms with E-state index in [0.29, 0.717) is 24.2 Å². The summed E-state index contributed by atoms with van der Waals surface area (Å²) in [5.41, 5.74) is 1.06. The molecule has 0 atom stereocenters. The van der Waals surface area contributed by atoms with Gasteiger partial charge in [0, 0.05) is 37.8 Å². The van der Waals surface area contributed by atoms with Gasteiger partial charge in [-0.2, -0.15) is 4.31 Å². The van der Waals surface area contributed by atoms with E-state index in [1.54, 1.807) is 19.1 Å². The molecule has 1 aromatic rings. The molecule has 0 bridgehead atoms. The molecule has 2 rings (SSSR count). The summed E-state index contributed by atoms with van der Waals surface area (Å²) in [4.78, 5) is 15.3. The maximum atomic E-state index is 12.9. The highest BCUT2D eigenvalue weighted by Gasteiger charge is 2.26. The van der Waals surface area contributed by atoms with E-state index in [4.69, 9.17) is 0 Å². The Morgan fingerprint density at radius 2 is 1.81 bits per heavy atom. The van der Waals surface area contributed by atoms with Crippen molar-refractivity contribution in [2.45, 2.75) is 57.9 Å². The minimum Gasteiger partial charge on any atom is -0.349 e. The summed E-state index contributed by atoms with van der Waals surface area (Å²) < 4.78 is 27.2. The number of nitrogens with one attached hydrogen (secondary N) is 1. The van der Waals surface area contributed by atoms with Crippen molar-refractivity contribution in [1.29, 1.82) is 0 Å². The second kappa shape index (κ2) is 9.66. The number of amides is 1. The summed E-state index contributed by atoms with van der Waals surface area (Å²) in [5, 5.41) is 3.08. The molecule has 27 heavy (non-hydrogen) atoms. The van der Waals surface area contributed by atoms with Gasteiger partial charge in [0.15, 0.2) is 0 Å². The number of aryl methyl sites for hydroxylation is 1. The van der Waals surface area contributed by atoms with Crippen molar-refractivity contribution in [3.8, 4) is 0 Å². The molecular weight excluding hydrogens is 362 g/mol. The highest BCUT2D eigenvalue weighted by Crippen LogP contribution is 2.22. The first-order chi connectivity index (χ1) is 12.8. The fourth-order valence-corrected chi connectivity index (χ4v) is 5.32. The Morgan fingerprint density at radius 3 is 2.37 bits per heavy atom. The maximum absolute atomic E-state index is 12.9. The first-order valence-electron chi connectivity index (χ1n) is 9.97. The van der Waals surface area contributed by atoms with Crippen molar-refractivity contribution >= 4 is 15.9 Å². The third-order valence-corrected chi connectivity index (χ3v) is 7.43. The number of hydrogen-bond donors (Lipinski definition) is 1. The summed E-state index contributed by atoms with van der Waals surface area (Å²) in [6.07, 6.45) is 3.01. The van der Waals surface area contributed by atoms with E-state index in [-0.39, 0.29) is 16.8 Å². The predicted octanol–water partition coefficient (Wildman–Crippen LogP) is 2.63. The zero-order chi connectivity index (χ0) is 20.0. The fourth-order valence-electron chi connectivity index (χ4n) is 3.61. The first-order valence-corrected chi connectivity index (χ1v) is 11.4. The molecule has 0 spiro atoms. The van der Waals surface area contributed by atoms with E-state index in [2.05, 4.69) is 17.1 Å². The lowest BCUT2D eigenvalue weighted by molar-refractivity contribution is 0.0911. The summed E-state index contributed by atoms with van der Waals surface area (Å²) in [7, 11) is -3.59. The third kappa shape index (κ3) is 5.30. The highest BCUT2D eigenvalue weighted by atomic mass is 32.2. The fraction of sp³-hybridized carbons (Fsp3) is 0.650. The molecule has 1 heterocycles. The number of rotatable bonds is 8. The van der Waals surface area contributed by atoms with Gasteiger partial charge in [-0.1, -0.05) is 26.8 Å². The Balaban J connectivity index is 2.12. The quantitative estimate of drug-likeness (QED) is 0.735. The molecule has 1 aromatic carbocycles. The van der Waals surface area contributed by atoms with Crippen LogP contribution in [-0.2, 0) is 10.0 Å². The van der Waals surface area contributed by atoms with Gasteiger partial charge in [-0.25, -0.2) is 8.42 Å². The molecule has 1 fully saturated rings. The van der Waals surface area contributed by atoms with Gasteiger partial charge in [0.25, 0.3) is 5.91 Å². The van der Waals surface area contributed by atoms with Crippen molar-refractivity contribution in [3.63, 3.8) is 0 Å². The largest absolute Gasteiger partial charge is 0.349 e. The number of carbonyl (C=O) groups excluding carboxylic acids is 1. The minimum absolute atomic E-state index is 0.148. The number of sulfonamides is 1. The maximum Gasteiger partial charge on any atom is 0.251 e. The van der Waals surface area contributed by atoms with E-state index in [0.717, 1.165) is 38.9 Å². The Kier molecular flexibility index (Phi) is 7.82. The highest BCUT2D eigenvalue weighted by molar-refractivity contribution is 7.89. The molecule has 1 aliphatic rings. The van der Waals surface area contributed by atoms with Crippen molar-refractivity contribution < 1.29 is 13.2 Å². The molecule has 152 valence electrons. The molecule has 1 saturated heterocycles. The van der Waals surface area contributed by atoms with Crippen LogP contribution in [0.4, 0.5) is 0 Å². The van der Waals surface area contributed by atoms with E-state index in [1.807, 2.05) is 13.8 Å². The van der Waals surface area contributed by atoms with Crippen LogP contribution in [0.5, 0.6) is 0 Å². The molecule has 1 N–H and O–H groups in total. The van der Waals surface area contributed by atoms with Gasteiger partial charge in [0.2, 0.25) is 10.0 Å². The summed E-state index contributed by atoms with van der Waals surface area (Å²) in [6.45, 7) is 11.5. The summed E-state index contributed by atoms with van der Waals surface area (Å²) >= 11 is 0. The van der Waals surface area contributed by atoms with Gasteiger partial charge in [-0.3, -0.25) is 4.79 Å². The Hall–Kier alpha value is -1.44. The topological polar surface area (TPSA) is 69.7 Å². The zero-order valence-corrected chi connectivity index (χ0v) is 17.8. The van der Waals surface area contributed by atoms with Gasteiger partial charge in [-0.05, 0) is 50.4 Å². The first kappa shape index (κ1) is 21.9. The van der Waals surface area contributed by atoms with Crippen molar-refractivity contribution in [3.05, 3.63) is 29.3 Å². The molecular formula is C20H33N3O3S.